The number of carbonyl (C=O) groups is 1. The second-order valence-corrected chi connectivity index (χ2v) is 5.20. The Morgan fingerprint density at radius 3 is 3.09 bits per heavy atom. The zero-order chi connectivity index (χ0) is 15.4. The molecule has 2 aromatic heterocycles. The van der Waals surface area contributed by atoms with Gasteiger partial charge < -0.3 is 19.8 Å². The normalized spacial score (nSPS) is 21.3. The van der Waals surface area contributed by atoms with E-state index in [-0.39, 0.29) is 18.1 Å². The number of hydrogen-bond donors (Lipinski definition) is 2. The van der Waals surface area contributed by atoms with E-state index in [9.17, 15) is 4.79 Å². The lowest BCUT2D eigenvalue weighted by atomic mass is 10.1. The number of carbonyl (C=O) groups excluding carboxylic acids is 1. The quantitative estimate of drug-likeness (QED) is 0.882. The summed E-state index contributed by atoms with van der Waals surface area (Å²) in [4.78, 5) is 23.0. The van der Waals surface area contributed by atoms with Crippen LogP contribution in [0.25, 0.3) is 0 Å². The molecular formula is C15H18N4O3. The minimum absolute atomic E-state index is 0.148. The summed E-state index contributed by atoms with van der Waals surface area (Å²) >= 11 is 0. The Kier molecular flexibility index (Phi) is 4.34. The van der Waals surface area contributed by atoms with Crippen LogP contribution in [0.5, 0.6) is 5.75 Å². The van der Waals surface area contributed by atoms with Crippen molar-refractivity contribution >= 4 is 5.91 Å². The van der Waals surface area contributed by atoms with Gasteiger partial charge >= 0.3 is 0 Å². The Labute approximate surface area is 128 Å². The summed E-state index contributed by atoms with van der Waals surface area (Å²) in [7, 11) is 0. The number of pyridine rings is 1. The Balaban J connectivity index is 1.65. The molecule has 1 aliphatic heterocycles. The molecule has 3 rings (SSSR count). The molecule has 2 N–H and O–H groups in total. The highest BCUT2D eigenvalue weighted by Gasteiger charge is 2.29. The van der Waals surface area contributed by atoms with Crippen LogP contribution in [0.1, 0.15) is 22.6 Å². The number of imidazole rings is 1. The van der Waals surface area contributed by atoms with Crippen LogP contribution in [0, 0.1) is 6.92 Å². The number of hydrogen-bond acceptors (Lipinski definition) is 5. The van der Waals surface area contributed by atoms with E-state index in [0.717, 1.165) is 5.69 Å². The monoisotopic (exact) mass is 302 g/mol. The van der Waals surface area contributed by atoms with Crippen molar-refractivity contribution in [2.75, 3.05) is 13.2 Å². The van der Waals surface area contributed by atoms with Crippen molar-refractivity contribution in [3.8, 4) is 5.75 Å². The van der Waals surface area contributed by atoms with E-state index in [1.807, 2.05) is 19.1 Å². The minimum atomic E-state index is -0.219. The Bertz CT molecular complexity index is 612. The highest BCUT2D eigenvalue weighted by atomic mass is 16.5. The van der Waals surface area contributed by atoms with Gasteiger partial charge in [-0.25, -0.2) is 4.98 Å². The fourth-order valence-electron chi connectivity index (χ4n) is 2.32. The largest absolute Gasteiger partial charge is 0.486 e. The Morgan fingerprint density at radius 1 is 1.45 bits per heavy atom. The number of rotatable bonds is 4. The predicted octanol–water partition coefficient (Wildman–Crippen LogP) is 1.08. The van der Waals surface area contributed by atoms with Gasteiger partial charge in [0.25, 0.3) is 5.91 Å². The fourth-order valence-corrected chi connectivity index (χ4v) is 2.32. The van der Waals surface area contributed by atoms with E-state index in [1.54, 1.807) is 6.20 Å². The van der Waals surface area contributed by atoms with Gasteiger partial charge in [0.2, 0.25) is 0 Å². The zero-order valence-electron chi connectivity index (χ0n) is 12.3. The van der Waals surface area contributed by atoms with Crippen LogP contribution in [0.3, 0.4) is 0 Å². The number of nitrogens with one attached hydrogen (secondary N) is 2. The molecule has 2 atom stereocenters. The highest BCUT2D eigenvalue weighted by molar-refractivity contribution is 5.92. The lowest BCUT2D eigenvalue weighted by Crippen LogP contribution is -2.51. The first-order valence-electron chi connectivity index (χ1n) is 7.18. The molecule has 22 heavy (non-hydrogen) atoms. The highest BCUT2D eigenvalue weighted by Crippen LogP contribution is 2.18. The van der Waals surface area contributed by atoms with Crippen LogP contribution >= 0.6 is 0 Å². The van der Waals surface area contributed by atoms with Crippen molar-refractivity contribution in [1.82, 2.24) is 20.3 Å². The molecule has 1 saturated heterocycles. The van der Waals surface area contributed by atoms with Gasteiger partial charge in [0.05, 0.1) is 38.0 Å². The maximum absolute atomic E-state index is 12.1. The Hall–Kier alpha value is -2.41. The molecule has 7 heteroatoms. The first kappa shape index (κ1) is 14.5. The maximum atomic E-state index is 12.1. The SMILES string of the molecule is Cc1ccc(O[C@@H]2CCOC[C@@H]2NC(=O)c2cnc[nH]2)cn1. The number of aromatic nitrogens is 3. The summed E-state index contributed by atoms with van der Waals surface area (Å²) in [6.45, 7) is 2.95. The summed E-state index contributed by atoms with van der Waals surface area (Å²) < 4.78 is 11.4. The van der Waals surface area contributed by atoms with Gasteiger partial charge in [-0.1, -0.05) is 0 Å². The van der Waals surface area contributed by atoms with E-state index in [1.165, 1.54) is 12.5 Å². The molecule has 0 saturated carbocycles. The van der Waals surface area contributed by atoms with Crippen LogP contribution < -0.4 is 10.1 Å². The van der Waals surface area contributed by atoms with Gasteiger partial charge in [-0.2, -0.15) is 0 Å². The number of H-pyrrole nitrogens is 1. The summed E-state index contributed by atoms with van der Waals surface area (Å²) in [6, 6.07) is 3.56. The predicted molar refractivity (Wildman–Crippen MR) is 78.7 cm³/mol. The van der Waals surface area contributed by atoms with Gasteiger partial charge in [0, 0.05) is 12.1 Å². The van der Waals surface area contributed by atoms with Crippen LogP contribution in [-0.2, 0) is 4.74 Å². The molecule has 0 aliphatic carbocycles. The van der Waals surface area contributed by atoms with Crippen LogP contribution in [-0.4, -0.2) is 46.2 Å². The van der Waals surface area contributed by atoms with Crippen molar-refractivity contribution in [2.24, 2.45) is 0 Å². The van der Waals surface area contributed by atoms with Gasteiger partial charge in [-0.3, -0.25) is 9.78 Å². The average molecular weight is 302 g/mol. The van der Waals surface area contributed by atoms with Crippen LogP contribution in [0.15, 0.2) is 30.9 Å². The molecule has 0 aromatic carbocycles. The third kappa shape index (κ3) is 3.43. The van der Waals surface area contributed by atoms with Crippen molar-refractivity contribution in [3.05, 3.63) is 42.2 Å². The van der Waals surface area contributed by atoms with Crippen molar-refractivity contribution in [3.63, 3.8) is 0 Å². The second kappa shape index (κ2) is 6.57. The van der Waals surface area contributed by atoms with Crippen LogP contribution in [0.2, 0.25) is 0 Å². The molecule has 0 unspecified atom stereocenters. The second-order valence-electron chi connectivity index (χ2n) is 5.20. The van der Waals surface area contributed by atoms with E-state index >= 15 is 0 Å². The molecule has 1 amide bonds. The van der Waals surface area contributed by atoms with E-state index < -0.39 is 0 Å². The summed E-state index contributed by atoms with van der Waals surface area (Å²) in [5, 5.41) is 2.92. The van der Waals surface area contributed by atoms with E-state index in [0.29, 0.717) is 31.1 Å². The molecule has 0 bridgehead atoms. The molecule has 0 radical (unpaired) electrons. The Morgan fingerprint density at radius 2 is 2.36 bits per heavy atom. The summed E-state index contributed by atoms with van der Waals surface area (Å²) in [5.41, 5.74) is 1.35. The third-order valence-electron chi connectivity index (χ3n) is 3.52. The number of ether oxygens (including phenoxy) is 2. The molecule has 0 spiro atoms. The molecule has 2 aromatic rings. The number of amides is 1. The number of aromatic amines is 1. The smallest absolute Gasteiger partial charge is 0.269 e. The molecule has 1 fully saturated rings. The molecule has 1 aliphatic rings. The minimum Gasteiger partial charge on any atom is -0.486 e. The summed E-state index contributed by atoms with van der Waals surface area (Å²) in [5.74, 6) is 0.474. The van der Waals surface area contributed by atoms with Gasteiger partial charge in [-0.15, -0.1) is 0 Å². The average Bonchev–Trinajstić information content (AvgIpc) is 3.06. The van der Waals surface area contributed by atoms with Crippen molar-refractivity contribution < 1.29 is 14.3 Å². The molecular weight excluding hydrogens is 284 g/mol. The molecule has 7 nitrogen and oxygen atoms in total. The topological polar surface area (TPSA) is 89.1 Å². The third-order valence-corrected chi connectivity index (χ3v) is 3.52. The number of aryl methyl sites for hydroxylation is 1. The lowest BCUT2D eigenvalue weighted by molar-refractivity contribution is -0.00307. The van der Waals surface area contributed by atoms with Gasteiger partial charge in [0.15, 0.2) is 0 Å². The zero-order valence-corrected chi connectivity index (χ0v) is 12.3. The standard InChI is InChI=1S/C15H18N4O3/c1-10-2-3-11(6-17-10)22-14-4-5-21-8-13(14)19-15(20)12-7-16-9-18-12/h2-3,6-7,9,13-14H,4-5,8H2,1H3,(H,16,18)(H,19,20)/t13-,14+/m0/s1. The maximum Gasteiger partial charge on any atom is 0.269 e. The van der Waals surface area contributed by atoms with Crippen LogP contribution in [0.4, 0.5) is 0 Å². The lowest BCUT2D eigenvalue weighted by Gasteiger charge is -2.32. The van der Waals surface area contributed by atoms with E-state index in [4.69, 9.17) is 9.47 Å². The van der Waals surface area contributed by atoms with Crippen molar-refractivity contribution in [2.45, 2.75) is 25.5 Å². The molecule has 116 valence electrons. The van der Waals surface area contributed by atoms with Gasteiger partial charge in [-0.05, 0) is 19.1 Å². The fraction of sp³-hybridized carbons (Fsp3) is 0.400. The first-order chi connectivity index (χ1) is 10.7. The van der Waals surface area contributed by atoms with Gasteiger partial charge in [0.1, 0.15) is 17.5 Å². The summed E-state index contributed by atoms with van der Waals surface area (Å²) in [6.07, 6.45) is 5.21. The molecule has 3 heterocycles. The first-order valence-corrected chi connectivity index (χ1v) is 7.18. The number of nitrogens with zero attached hydrogens (tertiary/aromatic N) is 2. The van der Waals surface area contributed by atoms with Crippen molar-refractivity contribution in [1.29, 1.82) is 0 Å². The van der Waals surface area contributed by atoms with E-state index in [2.05, 4.69) is 20.3 Å².